The third-order valence-corrected chi connectivity index (χ3v) is 4.09. The van der Waals surface area contributed by atoms with E-state index in [0.717, 1.165) is 23.7 Å². The standard InChI is InChI=1S/C21H28N2O3/c1-5-23(16(2)3)19-10-6-17(7-11-19)21(24)22-18-8-12-20(13-9-18)26-15-14-25-4/h6-13,16H,5,14-15H2,1-4H3,(H,22,24). The SMILES string of the molecule is CCN(c1ccc(C(=O)Nc2ccc(OCCOC)cc2)cc1)C(C)C. The summed E-state index contributed by atoms with van der Waals surface area (Å²) in [7, 11) is 1.64. The summed E-state index contributed by atoms with van der Waals surface area (Å²) >= 11 is 0. The van der Waals surface area contributed by atoms with Crippen LogP contribution in [-0.4, -0.2) is 38.8 Å². The smallest absolute Gasteiger partial charge is 0.255 e. The third kappa shape index (κ3) is 5.49. The van der Waals surface area contributed by atoms with E-state index >= 15 is 0 Å². The van der Waals surface area contributed by atoms with E-state index in [1.165, 1.54) is 0 Å². The molecule has 0 bridgehead atoms. The maximum atomic E-state index is 12.4. The van der Waals surface area contributed by atoms with E-state index in [0.29, 0.717) is 24.8 Å². The van der Waals surface area contributed by atoms with Gasteiger partial charge in [0.15, 0.2) is 0 Å². The number of ether oxygens (including phenoxy) is 2. The lowest BCUT2D eigenvalue weighted by molar-refractivity contribution is 0.102. The van der Waals surface area contributed by atoms with Gasteiger partial charge in [-0.2, -0.15) is 0 Å². The normalized spacial score (nSPS) is 10.7. The molecule has 0 heterocycles. The highest BCUT2D eigenvalue weighted by atomic mass is 16.5. The number of benzene rings is 2. The molecule has 5 nitrogen and oxygen atoms in total. The van der Waals surface area contributed by atoms with E-state index in [-0.39, 0.29) is 5.91 Å². The Morgan fingerprint density at radius 3 is 2.23 bits per heavy atom. The fourth-order valence-electron chi connectivity index (χ4n) is 2.73. The quantitative estimate of drug-likeness (QED) is 0.684. The largest absolute Gasteiger partial charge is 0.491 e. The molecule has 0 spiro atoms. The minimum absolute atomic E-state index is 0.128. The van der Waals surface area contributed by atoms with Gasteiger partial charge < -0.3 is 19.7 Å². The molecule has 0 atom stereocenters. The molecule has 2 aromatic carbocycles. The van der Waals surface area contributed by atoms with Gasteiger partial charge in [0.1, 0.15) is 12.4 Å². The Hall–Kier alpha value is -2.53. The van der Waals surface area contributed by atoms with Crippen molar-refractivity contribution in [3.63, 3.8) is 0 Å². The maximum Gasteiger partial charge on any atom is 0.255 e. The Balaban J connectivity index is 1.97. The first kappa shape index (κ1) is 19.8. The van der Waals surface area contributed by atoms with Crippen LogP contribution in [0.25, 0.3) is 0 Å². The van der Waals surface area contributed by atoms with Gasteiger partial charge in [-0.3, -0.25) is 4.79 Å². The van der Waals surface area contributed by atoms with Crippen molar-refractivity contribution in [2.24, 2.45) is 0 Å². The number of nitrogens with zero attached hydrogens (tertiary/aromatic N) is 1. The van der Waals surface area contributed by atoms with Crippen LogP contribution in [-0.2, 0) is 4.74 Å². The summed E-state index contributed by atoms with van der Waals surface area (Å²) in [6.45, 7) is 8.42. The van der Waals surface area contributed by atoms with Gasteiger partial charge in [0.2, 0.25) is 0 Å². The summed E-state index contributed by atoms with van der Waals surface area (Å²) in [5.74, 6) is 0.620. The summed E-state index contributed by atoms with van der Waals surface area (Å²) in [6, 6.07) is 15.4. The molecular weight excluding hydrogens is 328 g/mol. The van der Waals surface area contributed by atoms with Crippen molar-refractivity contribution in [1.29, 1.82) is 0 Å². The van der Waals surface area contributed by atoms with Crippen molar-refractivity contribution in [2.45, 2.75) is 26.8 Å². The summed E-state index contributed by atoms with van der Waals surface area (Å²) in [5, 5.41) is 2.91. The molecule has 5 heteroatoms. The van der Waals surface area contributed by atoms with E-state index in [4.69, 9.17) is 9.47 Å². The van der Waals surface area contributed by atoms with E-state index < -0.39 is 0 Å². The van der Waals surface area contributed by atoms with Crippen molar-refractivity contribution in [3.8, 4) is 5.75 Å². The number of hydrogen-bond acceptors (Lipinski definition) is 4. The van der Waals surface area contributed by atoms with Crippen LogP contribution >= 0.6 is 0 Å². The second-order valence-electron chi connectivity index (χ2n) is 6.25. The van der Waals surface area contributed by atoms with Gasteiger partial charge in [0, 0.05) is 36.6 Å². The van der Waals surface area contributed by atoms with Crippen LogP contribution < -0.4 is 15.0 Å². The first-order chi connectivity index (χ1) is 12.5. The van der Waals surface area contributed by atoms with Gasteiger partial charge >= 0.3 is 0 Å². The second-order valence-corrected chi connectivity index (χ2v) is 6.25. The number of nitrogens with one attached hydrogen (secondary N) is 1. The minimum atomic E-state index is -0.128. The number of amides is 1. The first-order valence-corrected chi connectivity index (χ1v) is 8.95. The summed E-state index contributed by atoms with van der Waals surface area (Å²) in [5.41, 5.74) is 2.49. The highest BCUT2D eigenvalue weighted by Crippen LogP contribution is 2.19. The fraction of sp³-hybridized carbons (Fsp3) is 0.381. The molecule has 26 heavy (non-hydrogen) atoms. The van der Waals surface area contributed by atoms with Crippen molar-refractivity contribution in [2.75, 3.05) is 37.1 Å². The highest BCUT2D eigenvalue weighted by molar-refractivity contribution is 6.04. The molecule has 0 radical (unpaired) electrons. The molecule has 2 aromatic rings. The van der Waals surface area contributed by atoms with Gasteiger partial charge in [-0.05, 0) is 69.3 Å². The van der Waals surface area contributed by atoms with Crippen LogP contribution in [0.3, 0.4) is 0 Å². The molecule has 0 aliphatic carbocycles. The third-order valence-electron chi connectivity index (χ3n) is 4.09. The number of methoxy groups -OCH3 is 1. The molecule has 2 rings (SSSR count). The van der Waals surface area contributed by atoms with Crippen LogP contribution in [0.15, 0.2) is 48.5 Å². The molecule has 0 aromatic heterocycles. The fourth-order valence-corrected chi connectivity index (χ4v) is 2.73. The summed E-state index contributed by atoms with van der Waals surface area (Å²) < 4.78 is 10.5. The monoisotopic (exact) mass is 356 g/mol. The summed E-state index contributed by atoms with van der Waals surface area (Å²) in [6.07, 6.45) is 0. The van der Waals surface area contributed by atoms with Gasteiger partial charge in [0.25, 0.3) is 5.91 Å². The number of hydrogen-bond donors (Lipinski definition) is 1. The lowest BCUT2D eigenvalue weighted by Crippen LogP contribution is -2.30. The van der Waals surface area contributed by atoms with Crippen LogP contribution in [0.1, 0.15) is 31.1 Å². The average Bonchev–Trinajstić information content (AvgIpc) is 2.64. The van der Waals surface area contributed by atoms with Crippen LogP contribution in [0.4, 0.5) is 11.4 Å². The van der Waals surface area contributed by atoms with E-state index in [9.17, 15) is 4.79 Å². The molecular formula is C21H28N2O3. The average molecular weight is 356 g/mol. The molecule has 0 aliphatic heterocycles. The van der Waals surface area contributed by atoms with Crippen molar-refractivity contribution in [3.05, 3.63) is 54.1 Å². The lowest BCUT2D eigenvalue weighted by atomic mass is 10.1. The predicted octanol–water partition coefficient (Wildman–Crippen LogP) is 4.20. The van der Waals surface area contributed by atoms with E-state index in [2.05, 4.69) is 31.0 Å². The Morgan fingerprint density at radius 1 is 1.04 bits per heavy atom. The number of anilines is 2. The van der Waals surface area contributed by atoms with Crippen molar-refractivity contribution < 1.29 is 14.3 Å². The zero-order valence-electron chi connectivity index (χ0n) is 16.0. The van der Waals surface area contributed by atoms with Crippen LogP contribution in [0.2, 0.25) is 0 Å². The van der Waals surface area contributed by atoms with Gasteiger partial charge in [-0.15, -0.1) is 0 Å². The Labute approximate surface area is 155 Å². The lowest BCUT2D eigenvalue weighted by Gasteiger charge is -2.27. The second kappa shape index (κ2) is 9.82. The first-order valence-electron chi connectivity index (χ1n) is 8.95. The molecule has 0 fully saturated rings. The van der Waals surface area contributed by atoms with Crippen LogP contribution in [0.5, 0.6) is 5.75 Å². The van der Waals surface area contributed by atoms with Crippen molar-refractivity contribution in [1.82, 2.24) is 0 Å². The van der Waals surface area contributed by atoms with Gasteiger partial charge in [0.05, 0.1) is 6.61 Å². The highest BCUT2D eigenvalue weighted by Gasteiger charge is 2.10. The topological polar surface area (TPSA) is 50.8 Å². The Bertz CT molecular complexity index is 681. The summed E-state index contributed by atoms with van der Waals surface area (Å²) in [4.78, 5) is 14.7. The zero-order chi connectivity index (χ0) is 18.9. The molecule has 0 aliphatic rings. The Morgan fingerprint density at radius 2 is 1.69 bits per heavy atom. The molecule has 0 unspecified atom stereocenters. The van der Waals surface area contributed by atoms with E-state index in [1.807, 2.05) is 48.5 Å². The molecule has 140 valence electrons. The van der Waals surface area contributed by atoms with E-state index in [1.54, 1.807) is 7.11 Å². The van der Waals surface area contributed by atoms with Crippen molar-refractivity contribution >= 4 is 17.3 Å². The maximum absolute atomic E-state index is 12.4. The molecule has 1 amide bonds. The molecule has 0 saturated heterocycles. The molecule has 1 N–H and O–H groups in total. The van der Waals surface area contributed by atoms with Gasteiger partial charge in [-0.25, -0.2) is 0 Å². The van der Waals surface area contributed by atoms with Crippen LogP contribution in [0, 0.1) is 0 Å². The van der Waals surface area contributed by atoms with Gasteiger partial charge in [-0.1, -0.05) is 0 Å². The molecule has 0 saturated carbocycles. The number of carbonyl (C=O) groups is 1. The number of carbonyl (C=O) groups excluding carboxylic acids is 1. The minimum Gasteiger partial charge on any atom is -0.491 e. The number of rotatable bonds is 9. The predicted molar refractivity (Wildman–Crippen MR) is 106 cm³/mol. The zero-order valence-corrected chi connectivity index (χ0v) is 16.0. The Kier molecular flexibility index (Phi) is 7.48.